The molecule has 1 fully saturated rings. The number of ether oxygens (including phenoxy) is 2. The number of halogens is 1. The summed E-state index contributed by atoms with van der Waals surface area (Å²) in [5, 5.41) is 3.80. The second-order valence-electron chi connectivity index (χ2n) is 11.1. The Balaban J connectivity index is 1.22. The highest BCUT2D eigenvalue weighted by Crippen LogP contribution is 2.40. The Morgan fingerprint density at radius 3 is 2.68 bits per heavy atom. The topological polar surface area (TPSA) is 107 Å². The van der Waals surface area contributed by atoms with Gasteiger partial charge in [0.05, 0.1) is 11.7 Å². The molecule has 1 saturated heterocycles. The normalized spacial score (nSPS) is 19.0. The van der Waals surface area contributed by atoms with E-state index in [1.165, 1.54) is 11.3 Å². The monoisotopic (exact) mass is 540 g/mol. The number of anilines is 1. The highest BCUT2D eigenvalue weighted by molar-refractivity contribution is 7.21. The first-order chi connectivity index (χ1) is 17.9. The van der Waals surface area contributed by atoms with Crippen LogP contribution in [0, 0.1) is 6.92 Å². The Bertz CT molecular complexity index is 1390. The number of likely N-dealkylation sites (tertiary alicyclic amines) is 1. The second kappa shape index (κ2) is 9.72. The van der Waals surface area contributed by atoms with Crippen LogP contribution in [-0.4, -0.2) is 53.2 Å². The Kier molecular flexibility index (Phi) is 6.71. The highest BCUT2D eigenvalue weighted by Gasteiger charge is 2.39. The van der Waals surface area contributed by atoms with Crippen LogP contribution >= 0.6 is 11.3 Å². The van der Waals surface area contributed by atoms with Crippen molar-refractivity contribution in [1.29, 1.82) is 0 Å². The summed E-state index contributed by atoms with van der Waals surface area (Å²) in [6, 6.07) is 8.93. The van der Waals surface area contributed by atoms with E-state index in [1.54, 1.807) is 17.0 Å². The third kappa shape index (κ3) is 5.27. The van der Waals surface area contributed by atoms with Gasteiger partial charge < -0.3 is 25.4 Å². The number of nitrogen functional groups attached to an aromatic ring is 1. The molecule has 10 heteroatoms. The lowest BCUT2D eigenvalue weighted by atomic mass is 9.85. The average molecular weight is 541 g/mol. The van der Waals surface area contributed by atoms with Crippen LogP contribution in [0.15, 0.2) is 30.3 Å². The molecule has 3 aromatic rings. The van der Waals surface area contributed by atoms with E-state index in [0.717, 1.165) is 21.5 Å². The van der Waals surface area contributed by atoms with Gasteiger partial charge in [0.15, 0.2) is 0 Å². The van der Waals surface area contributed by atoms with E-state index >= 15 is 4.39 Å². The number of piperidine rings is 1. The standard InChI is InChI=1S/C28H33FN4O4S/c1-16-5-8-20-22(30)23(38-25(20)31-16)24(34)32-19-13-17-6-7-18(14-21(17)36-15-19)28(29)9-11-33(12-10-28)26(35)37-27(2,3)4/h5-8,14,19H,9-13,15,30H2,1-4H3,(H,32,34)/t19-/m1/s1. The van der Waals surface area contributed by atoms with E-state index in [4.69, 9.17) is 15.2 Å². The summed E-state index contributed by atoms with van der Waals surface area (Å²) in [6.45, 7) is 8.19. The van der Waals surface area contributed by atoms with E-state index in [-0.39, 0.29) is 44.5 Å². The van der Waals surface area contributed by atoms with Crippen LogP contribution in [0.2, 0.25) is 0 Å². The van der Waals surface area contributed by atoms with Crippen molar-refractivity contribution in [3.63, 3.8) is 0 Å². The first-order valence-electron chi connectivity index (χ1n) is 12.8. The van der Waals surface area contributed by atoms with Gasteiger partial charge >= 0.3 is 6.09 Å². The molecule has 0 spiro atoms. The molecule has 1 atom stereocenters. The van der Waals surface area contributed by atoms with Gasteiger partial charge in [-0.3, -0.25) is 4.79 Å². The predicted molar refractivity (Wildman–Crippen MR) is 145 cm³/mol. The molecule has 3 N–H and O–H groups in total. The molecule has 2 aromatic heterocycles. The number of amides is 2. The number of benzene rings is 1. The minimum Gasteiger partial charge on any atom is -0.491 e. The maximum Gasteiger partial charge on any atom is 0.410 e. The molecule has 0 radical (unpaired) electrons. The summed E-state index contributed by atoms with van der Waals surface area (Å²) in [4.78, 5) is 32.6. The van der Waals surface area contributed by atoms with E-state index in [0.29, 0.717) is 28.3 Å². The molecule has 2 aliphatic rings. The van der Waals surface area contributed by atoms with Crippen molar-refractivity contribution in [2.45, 2.75) is 64.3 Å². The summed E-state index contributed by atoms with van der Waals surface area (Å²) in [6.07, 6.45) is 0.531. The van der Waals surface area contributed by atoms with E-state index in [1.807, 2.05) is 45.9 Å². The zero-order valence-corrected chi connectivity index (χ0v) is 22.9. The molecule has 0 saturated carbocycles. The van der Waals surface area contributed by atoms with Gasteiger partial charge in [0.1, 0.15) is 33.3 Å². The number of alkyl halides is 1. The maximum atomic E-state index is 15.9. The van der Waals surface area contributed by atoms with E-state index < -0.39 is 17.4 Å². The Labute approximate surface area is 225 Å². The lowest BCUT2D eigenvalue weighted by Gasteiger charge is -2.37. The molecule has 8 nitrogen and oxygen atoms in total. The quantitative estimate of drug-likeness (QED) is 0.478. The lowest BCUT2D eigenvalue weighted by molar-refractivity contribution is 0.00212. The minimum atomic E-state index is -1.55. The van der Waals surface area contributed by atoms with Crippen molar-refractivity contribution in [1.82, 2.24) is 15.2 Å². The molecule has 38 heavy (non-hydrogen) atoms. The van der Waals surface area contributed by atoms with Gasteiger partial charge in [-0.1, -0.05) is 12.1 Å². The first-order valence-corrected chi connectivity index (χ1v) is 13.6. The number of fused-ring (bicyclic) bond motifs is 2. The zero-order chi connectivity index (χ0) is 27.2. The van der Waals surface area contributed by atoms with Gasteiger partial charge in [-0.15, -0.1) is 11.3 Å². The van der Waals surface area contributed by atoms with Crippen molar-refractivity contribution in [3.8, 4) is 5.75 Å². The number of aryl methyl sites for hydroxylation is 1. The van der Waals surface area contributed by atoms with E-state index in [2.05, 4.69) is 10.3 Å². The molecule has 5 rings (SSSR count). The van der Waals surface area contributed by atoms with Gasteiger partial charge in [-0.2, -0.15) is 0 Å². The number of aromatic nitrogens is 1. The summed E-state index contributed by atoms with van der Waals surface area (Å²) in [5.74, 6) is 0.372. The van der Waals surface area contributed by atoms with Crippen molar-refractivity contribution < 1.29 is 23.5 Å². The first kappa shape index (κ1) is 26.2. The van der Waals surface area contributed by atoms with Crippen LogP contribution in [0.3, 0.4) is 0 Å². The highest BCUT2D eigenvalue weighted by atomic mass is 32.1. The van der Waals surface area contributed by atoms with Gasteiger partial charge in [-0.05, 0) is 63.4 Å². The molecule has 2 amide bonds. The zero-order valence-electron chi connectivity index (χ0n) is 22.1. The lowest BCUT2D eigenvalue weighted by Crippen LogP contribution is -2.45. The number of nitrogens with one attached hydrogen (secondary N) is 1. The number of carbonyl (C=O) groups excluding carboxylic acids is 2. The average Bonchev–Trinajstić information content (AvgIpc) is 3.18. The summed E-state index contributed by atoms with van der Waals surface area (Å²) >= 11 is 1.28. The molecule has 0 unspecified atom stereocenters. The largest absolute Gasteiger partial charge is 0.491 e. The molecular weight excluding hydrogens is 507 g/mol. The van der Waals surface area contributed by atoms with E-state index in [9.17, 15) is 9.59 Å². The molecule has 202 valence electrons. The number of pyridine rings is 1. The van der Waals surface area contributed by atoms with Gasteiger partial charge in [0.2, 0.25) is 0 Å². The fourth-order valence-electron chi connectivity index (χ4n) is 4.91. The smallest absolute Gasteiger partial charge is 0.410 e. The number of hydrogen-bond acceptors (Lipinski definition) is 7. The molecule has 0 bridgehead atoms. The molecule has 1 aromatic carbocycles. The number of carbonyl (C=O) groups is 2. The fraction of sp³-hybridized carbons (Fsp3) is 0.464. The van der Waals surface area contributed by atoms with Crippen molar-refractivity contribution in [2.75, 3.05) is 25.4 Å². The number of thiophene rings is 1. The van der Waals surface area contributed by atoms with Crippen LogP contribution in [0.1, 0.15) is 60.1 Å². The molecular formula is C28H33FN4O4S. The van der Waals surface area contributed by atoms with Gasteiger partial charge in [-0.25, -0.2) is 14.2 Å². The van der Waals surface area contributed by atoms with Gasteiger partial charge in [0, 0.05) is 37.0 Å². The SMILES string of the molecule is Cc1ccc2c(N)c(C(=O)N[C@H]3COc4cc(C5(F)CCN(C(=O)OC(C)(C)C)CC5)ccc4C3)sc2n1. The van der Waals surface area contributed by atoms with Crippen LogP contribution in [0.25, 0.3) is 10.2 Å². The van der Waals surface area contributed by atoms with Crippen LogP contribution < -0.4 is 15.8 Å². The van der Waals surface area contributed by atoms with Crippen LogP contribution in [-0.2, 0) is 16.8 Å². The number of nitrogens with zero attached hydrogens (tertiary/aromatic N) is 2. The van der Waals surface area contributed by atoms with Crippen LogP contribution in [0.5, 0.6) is 5.75 Å². The number of rotatable bonds is 3. The van der Waals surface area contributed by atoms with Crippen molar-refractivity contribution in [2.24, 2.45) is 0 Å². The minimum absolute atomic E-state index is 0.189. The Morgan fingerprint density at radius 1 is 1.24 bits per heavy atom. The molecule has 0 aliphatic carbocycles. The Hall–Kier alpha value is -3.40. The molecule has 4 heterocycles. The van der Waals surface area contributed by atoms with Crippen molar-refractivity contribution in [3.05, 3.63) is 52.0 Å². The molecule has 2 aliphatic heterocycles. The van der Waals surface area contributed by atoms with Crippen molar-refractivity contribution >= 4 is 39.2 Å². The predicted octanol–water partition coefficient (Wildman–Crippen LogP) is 5.12. The number of nitrogens with two attached hydrogens (primary N) is 1. The fourth-order valence-corrected chi connectivity index (χ4v) is 5.95. The summed E-state index contributed by atoms with van der Waals surface area (Å²) < 4.78 is 27.3. The maximum absolute atomic E-state index is 15.9. The third-order valence-corrected chi connectivity index (χ3v) is 8.09. The number of hydrogen-bond donors (Lipinski definition) is 2. The Morgan fingerprint density at radius 2 is 1.97 bits per heavy atom. The third-order valence-electron chi connectivity index (χ3n) is 6.97. The second-order valence-corrected chi connectivity index (χ2v) is 12.1. The van der Waals surface area contributed by atoms with Crippen LogP contribution in [0.4, 0.5) is 14.9 Å². The summed E-state index contributed by atoms with van der Waals surface area (Å²) in [5.41, 5.74) is 6.85. The summed E-state index contributed by atoms with van der Waals surface area (Å²) in [7, 11) is 0. The van der Waals surface area contributed by atoms with Gasteiger partial charge in [0.25, 0.3) is 5.91 Å².